The number of nitro groups is 1. The third-order valence-corrected chi connectivity index (χ3v) is 5.00. The minimum Gasteiger partial charge on any atom is -0.360 e. The Morgan fingerprint density at radius 2 is 1.82 bits per heavy atom. The van der Waals surface area contributed by atoms with Crippen LogP contribution in [-0.4, -0.2) is 33.5 Å². The van der Waals surface area contributed by atoms with Crippen LogP contribution in [0, 0.1) is 10.1 Å². The van der Waals surface area contributed by atoms with Crippen molar-refractivity contribution in [3.8, 4) is 0 Å². The van der Waals surface area contributed by atoms with E-state index in [1.54, 1.807) is 12.1 Å². The Balaban J connectivity index is 1.74. The van der Waals surface area contributed by atoms with Gasteiger partial charge in [-0.3, -0.25) is 10.1 Å². The fourth-order valence-electron chi connectivity index (χ4n) is 3.00. The van der Waals surface area contributed by atoms with Gasteiger partial charge in [-0.1, -0.05) is 12.1 Å². The number of halogens is 3. The molecule has 0 atom stereocenters. The average molecular weight is 413 g/mol. The fraction of sp³-hybridized carbons (Fsp3) is 0.412. The van der Waals surface area contributed by atoms with Crippen LogP contribution in [-0.2, 0) is 6.54 Å². The van der Waals surface area contributed by atoms with Crippen molar-refractivity contribution in [2.75, 3.05) is 23.3 Å². The highest BCUT2D eigenvalue weighted by Crippen LogP contribution is 2.37. The maximum atomic E-state index is 12.4. The lowest BCUT2D eigenvalue weighted by atomic mass is 10.1. The summed E-state index contributed by atoms with van der Waals surface area (Å²) in [5.41, 5.74) is -3.85. The van der Waals surface area contributed by atoms with Crippen LogP contribution in [0.1, 0.15) is 24.8 Å². The molecule has 1 N–H and O–H groups in total. The molecule has 1 saturated heterocycles. The van der Waals surface area contributed by atoms with Gasteiger partial charge >= 0.3 is 11.2 Å². The molecule has 1 aromatic heterocycles. The van der Waals surface area contributed by atoms with Crippen molar-refractivity contribution in [3.05, 3.63) is 46.3 Å². The third-order valence-electron chi connectivity index (χ3n) is 4.26. The molecule has 3 rings (SSSR count). The normalized spacial score (nSPS) is 14.8. The Morgan fingerprint density at radius 3 is 2.43 bits per heavy atom. The lowest BCUT2D eigenvalue weighted by Gasteiger charge is -2.27. The lowest BCUT2D eigenvalue weighted by molar-refractivity contribution is -0.383. The first-order valence-electron chi connectivity index (χ1n) is 8.66. The SMILES string of the molecule is O=[N+]([O-])c1c(NCc2ccc(SC(F)(F)F)cc2)ncnc1N1CCCCC1. The van der Waals surface area contributed by atoms with Crippen LogP contribution in [0.15, 0.2) is 35.5 Å². The van der Waals surface area contributed by atoms with Gasteiger partial charge in [-0.2, -0.15) is 13.2 Å². The summed E-state index contributed by atoms with van der Waals surface area (Å²) in [7, 11) is 0. The number of benzene rings is 1. The maximum Gasteiger partial charge on any atom is 0.446 e. The topological polar surface area (TPSA) is 84.2 Å². The first-order chi connectivity index (χ1) is 13.3. The number of rotatable bonds is 6. The number of thioether (sulfide) groups is 1. The highest BCUT2D eigenvalue weighted by atomic mass is 32.2. The van der Waals surface area contributed by atoms with Crippen molar-refractivity contribution in [1.82, 2.24) is 9.97 Å². The molecule has 1 fully saturated rings. The van der Waals surface area contributed by atoms with Gasteiger partial charge in [-0.15, -0.1) is 0 Å². The molecule has 0 radical (unpaired) electrons. The highest BCUT2D eigenvalue weighted by Gasteiger charge is 2.29. The molecule has 0 amide bonds. The van der Waals surface area contributed by atoms with Crippen LogP contribution in [0.4, 0.5) is 30.5 Å². The van der Waals surface area contributed by atoms with Gasteiger partial charge in [0.25, 0.3) is 0 Å². The first-order valence-corrected chi connectivity index (χ1v) is 9.48. The lowest BCUT2D eigenvalue weighted by Crippen LogP contribution is -2.31. The number of piperidine rings is 1. The molecule has 0 bridgehead atoms. The Morgan fingerprint density at radius 1 is 1.14 bits per heavy atom. The quantitative estimate of drug-likeness (QED) is 0.421. The van der Waals surface area contributed by atoms with Gasteiger partial charge in [-0.05, 0) is 48.7 Å². The van der Waals surface area contributed by atoms with Gasteiger partial charge in [0.1, 0.15) is 6.33 Å². The van der Waals surface area contributed by atoms with Crippen LogP contribution < -0.4 is 10.2 Å². The largest absolute Gasteiger partial charge is 0.446 e. The van der Waals surface area contributed by atoms with E-state index >= 15 is 0 Å². The minimum atomic E-state index is -4.34. The summed E-state index contributed by atoms with van der Waals surface area (Å²) in [5, 5.41) is 14.5. The molecule has 28 heavy (non-hydrogen) atoms. The molecule has 1 aromatic carbocycles. The van der Waals surface area contributed by atoms with E-state index in [0.717, 1.165) is 19.3 Å². The van der Waals surface area contributed by atoms with E-state index in [1.807, 2.05) is 4.90 Å². The van der Waals surface area contributed by atoms with Gasteiger partial charge in [0, 0.05) is 24.5 Å². The molecule has 0 spiro atoms. The van der Waals surface area contributed by atoms with Crippen LogP contribution >= 0.6 is 11.8 Å². The molecule has 0 aliphatic carbocycles. The summed E-state index contributed by atoms with van der Waals surface area (Å²) in [5.74, 6) is 0.383. The second-order valence-electron chi connectivity index (χ2n) is 6.24. The number of hydrogen-bond acceptors (Lipinski definition) is 7. The zero-order valence-corrected chi connectivity index (χ0v) is 15.6. The van der Waals surface area contributed by atoms with Crippen LogP contribution in [0.5, 0.6) is 0 Å². The van der Waals surface area contributed by atoms with E-state index in [1.165, 1.54) is 18.5 Å². The summed E-state index contributed by atoms with van der Waals surface area (Å²) in [6.45, 7) is 1.60. The number of hydrogen-bond donors (Lipinski definition) is 1. The van der Waals surface area contributed by atoms with Crippen molar-refractivity contribution in [3.63, 3.8) is 0 Å². The van der Waals surface area contributed by atoms with E-state index < -0.39 is 10.4 Å². The molecular weight excluding hydrogens is 395 g/mol. The zero-order chi connectivity index (χ0) is 20.1. The number of alkyl halides is 3. The molecular formula is C17H18F3N5O2S. The van der Waals surface area contributed by atoms with Crippen molar-refractivity contribution in [2.24, 2.45) is 0 Å². The predicted molar refractivity (Wildman–Crippen MR) is 100 cm³/mol. The highest BCUT2D eigenvalue weighted by molar-refractivity contribution is 8.00. The molecule has 1 aliphatic heterocycles. The molecule has 150 valence electrons. The van der Waals surface area contributed by atoms with Crippen molar-refractivity contribution >= 4 is 29.1 Å². The zero-order valence-electron chi connectivity index (χ0n) is 14.8. The Kier molecular flexibility index (Phi) is 6.22. The second-order valence-corrected chi connectivity index (χ2v) is 7.38. The Labute approximate surface area is 163 Å². The Bertz CT molecular complexity index is 827. The van der Waals surface area contributed by atoms with Crippen LogP contribution in [0.2, 0.25) is 0 Å². The number of aromatic nitrogens is 2. The van der Waals surface area contributed by atoms with Gasteiger partial charge in [0.05, 0.1) is 4.92 Å². The third kappa shape index (κ3) is 5.24. The van der Waals surface area contributed by atoms with Gasteiger partial charge in [0.2, 0.25) is 11.6 Å². The Hall–Kier alpha value is -2.56. The van der Waals surface area contributed by atoms with Crippen molar-refractivity contribution in [1.29, 1.82) is 0 Å². The summed E-state index contributed by atoms with van der Waals surface area (Å²) in [6.07, 6.45) is 4.27. The number of nitrogens with zero attached hydrogens (tertiary/aromatic N) is 4. The van der Waals surface area contributed by atoms with E-state index in [9.17, 15) is 23.3 Å². The maximum absolute atomic E-state index is 12.4. The first kappa shape index (κ1) is 20.2. The average Bonchev–Trinajstić information content (AvgIpc) is 2.66. The van der Waals surface area contributed by atoms with Crippen molar-refractivity contribution in [2.45, 2.75) is 36.2 Å². The minimum absolute atomic E-state index is 0.0802. The molecule has 7 nitrogen and oxygen atoms in total. The van der Waals surface area contributed by atoms with Crippen LogP contribution in [0.25, 0.3) is 0 Å². The molecule has 0 unspecified atom stereocenters. The summed E-state index contributed by atoms with van der Waals surface area (Å²) < 4.78 is 37.2. The summed E-state index contributed by atoms with van der Waals surface area (Å²) >= 11 is -0.188. The van der Waals surface area contributed by atoms with Crippen LogP contribution in [0.3, 0.4) is 0 Å². The van der Waals surface area contributed by atoms with Gasteiger partial charge in [-0.25, -0.2) is 9.97 Å². The predicted octanol–water partition coefficient (Wildman–Crippen LogP) is 4.60. The smallest absolute Gasteiger partial charge is 0.360 e. The summed E-state index contributed by atoms with van der Waals surface area (Å²) in [4.78, 5) is 21.2. The monoisotopic (exact) mass is 413 g/mol. The standard InChI is InChI=1S/C17H18F3N5O2S/c18-17(19,20)28-13-6-4-12(5-7-13)10-21-15-14(25(26)27)16(23-11-22-15)24-8-2-1-3-9-24/h4-7,11H,1-3,8-10H2,(H,21,22,23). The number of anilines is 2. The molecule has 0 saturated carbocycles. The molecule has 2 aromatic rings. The molecule has 11 heteroatoms. The van der Waals surface area contributed by atoms with E-state index in [4.69, 9.17) is 0 Å². The van der Waals surface area contributed by atoms with E-state index in [2.05, 4.69) is 15.3 Å². The summed E-state index contributed by atoms with van der Waals surface area (Å²) in [6, 6.07) is 5.81. The van der Waals surface area contributed by atoms with Crippen molar-refractivity contribution < 1.29 is 18.1 Å². The van der Waals surface area contributed by atoms with Gasteiger partial charge in [0.15, 0.2) is 0 Å². The molecule has 1 aliphatic rings. The van der Waals surface area contributed by atoms with E-state index in [0.29, 0.717) is 24.5 Å². The molecule has 2 heterocycles. The second kappa shape index (κ2) is 8.63. The van der Waals surface area contributed by atoms with Gasteiger partial charge < -0.3 is 10.2 Å². The fourth-order valence-corrected chi connectivity index (χ4v) is 3.54. The van der Waals surface area contributed by atoms with E-state index in [-0.39, 0.29) is 34.7 Å². The number of nitrogens with one attached hydrogen (secondary N) is 1.